The molecule has 55 heavy (non-hydrogen) atoms. The highest BCUT2D eigenvalue weighted by Crippen LogP contribution is 2.37. The summed E-state index contributed by atoms with van der Waals surface area (Å²) >= 11 is 1.78. The van der Waals surface area contributed by atoms with Gasteiger partial charge in [-0.05, 0) is 41.5 Å². The van der Waals surface area contributed by atoms with E-state index in [9.17, 15) is 0 Å². The molecule has 0 bridgehead atoms. The minimum absolute atomic E-state index is 0.581. The van der Waals surface area contributed by atoms with Crippen LogP contribution < -0.4 is 0 Å². The Bertz CT molecular complexity index is 2980. The summed E-state index contributed by atoms with van der Waals surface area (Å²) in [6, 6.07) is 64.6. The van der Waals surface area contributed by atoms with E-state index >= 15 is 0 Å². The molecule has 0 aliphatic rings. The molecule has 0 saturated heterocycles. The second-order valence-corrected chi connectivity index (χ2v) is 14.4. The van der Waals surface area contributed by atoms with E-state index in [1.807, 2.05) is 72.8 Å². The Hall–Kier alpha value is -7.15. The largest absolute Gasteiger partial charge is 0.228 e. The highest BCUT2D eigenvalue weighted by Gasteiger charge is 2.16. The van der Waals surface area contributed by atoms with E-state index in [2.05, 4.69) is 115 Å². The number of rotatable bonds is 7. The molecule has 0 spiro atoms. The zero-order valence-electron chi connectivity index (χ0n) is 29.5. The second-order valence-electron chi connectivity index (χ2n) is 13.3. The third-order valence-electron chi connectivity index (χ3n) is 9.74. The van der Waals surface area contributed by atoms with Gasteiger partial charge in [0, 0.05) is 53.6 Å². The van der Waals surface area contributed by atoms with Gasteiger partial charge < -0.3 is 0 Å². The van der Waals surface area contributed by atoms with Gasteiger partial charge in [-0.3, -0.25) is 0 Å². The number of hydrogen-bond acceptors (Lipinski definition) is 6. The normalized spacial score (nSPS) is 11.3. The summed E-state index contributed by atoms with van der Waals surface area (Å²) in [6.07, 6.45) is 0. The van der Waals surface area contributed by atoms with Crippen LogP contribution in [0.2, 0.25) is 0 Å². The molecule has 10 rings (SSSR count). The number of benzene rings is 7. The van der Waals surface area contributed by atoms with Crippen LogP contribution in [0.15, 0.2) is 188 Å². The number of aromatic nitrogens is 5. The van der Waals surface area contributed by atoms with Crippen molar-refractivity contribution in [3.05, 3.63) is 188 Å². The smallest absolute Gasteiger partial charge is 0.164 e. The lowest BCUT2D eigenvalue weighted by molar-refractivity contribution is 1.07. The zero-order chi connectivity index (χ0) is 36.6. The van der Waals surface area contributed by atoms with E-state index in [-0.39, 0.29) is 0 Å². The maximum Gasteiger partial charge on any atom is 0.164 e. The fourth-order valence-corrected chi connectivity index (χ4v) is 8.13. The van der Waals surface area contributed by atoms with Crippen molar-refractivity contribution in [1.29, 1.82) is 0 Å². The van der Waals surface area contributed by atoms with Crippen molar-refractivity contribution in [1.82, 2.24) is 24.9 Å². The molecule has 258 valence electrons. The molecule has 0 unspecified atom stereocenters. The van der Waals surface area contributed by atoms with Gasteiger partial charge in [0.15, 0.2) is 23.3 Å². The van der Waals surface area contributed by atoms with Gasteiger partial charge in [0.2, 0.25) is 0 Å². The predicted octanol–water partition coefficient (Wildman–Crippen LogP) is 12.7. The van der Waals surface area contributed by atoms with E-state index in [0.29, 0.717) is 23.3 Å². The molecule has 0 aliphatic carbocycles. The second kappa shape index (κ2) is 14.0. The molecule has 0 fully saturated rings. The molecule has 0 amide bonds. The highest BCUT2D eigenvalue weighted by atomic mass is 32.1. The molecule has 10 aromatic rings. The maximum absolute atomic E-state index is 5.18. The molecule has 6 heteroatoms. The quantitative estimate of drug-likeness (QED) is 0.164. The summed E-state index contributed by atoms with van der Waals surface area (Å²) in [7, 11) is 0. The Morgan fingerprint density at radius 3 is 1.40 bits per heavy atom. The van der Waals surface area contributed by atoms with Gasteiger partial charge in [-0.25, -0.2) is 24.9 Å². The predicted molar refractivity (Wildman–Crippen MR) is 226 cm³/mol. The van der Waals surface area contributed by atoms with Gasteiger partial charge in [0.25, 0.3) is 0 Å². The molecule has 5 nitrogen and oxygen atoms in total. The molecule has 0 atom stereocenters. The first-order valence-electron chi connectivity index (χ1n) is 18.2. The molecular formula is C49H31N5S. The van der Waals surface area contributed by atoms with Crippen molar-refractivity contribution < 1.29 is 0 Å². The molecule has 0 N–H and O–H groups in total. The lowest BCUT2D eigenvalue weighted by atomic mass is 10.0. The van der Waals surface area contributed by atoms with Crippen molar-refractivity contribution in [2.75, 3.05) is 0 Å². The summed E-state index contributed by atoms with van der Waals surface area (Å²) in [6.45, 7) is 0. The maximum atomic E-state index is 5.18. The summed E-state index contributed by atoms with van der Waals surface area (Å²) in [5.41, 5.74) is 9.60. The van der Waals surface area contributed by atoms with E-state index in [4.69, 9.17) is 24.9 Å². The van der Waals surface area contributed by atoms with Crippen LogP contribution in [0.3, 0.4) is 0 Å². The highest BCUT2D eigenvalue weighted by molar-refractivity contribution is 7.25. The fourth-order valence-electron chi connectivity index (χ4n) is 6.98. The van der Waals surface area contributed by atoms with Crippen molar-refractivity contribution in [2.45, 2.75) is 0 Å². The van der Waals surface area contributed by atoms with Crippen LogP contribution in [-0.4, -0.2) is 24.9 Å². The van der Waals surface area contributed by atoms with Crippen LogP contribution in [0.5, 0.6) is 0 Å². The van der Waals surface area contributed by atoms with Crippen LogP contribution in [-0.2, 0) is 0 Å². The van der Waals surface area contributed by atoms with Crippen LogP contribution in [0.4, 0.5) is 0 Å². The van der Waals surface area contributed by atoms with Gasteiger partial charge in [-0.1, -0.05) is 158 Å². The first kappa shape index (κ1) is 32.5. The third kappa shape index (κ3) is 6.45. The number of hydrogen-bond donors (Lipinski definition) is 0. The molecule has 3 heterocycles. The topological polar surface area (TPSA) is 64.5 Å². The molecule has 0 radical (unpaired) electrons. The molecule has 0 aliphatic heterocycles. The first-order chi connectivity index (χ1) is 27.2. The Morgan fingerprint density at radius 2 is 0.709 bits per heavy atom. The van der Waals surface area contributed by atoms with Gasteiger partial charge in [0.05, 0.1) is 11.4 Å². The van der Waals surface area contributed by atoms with Crippen LogP contribution in [0, 0.1) is 0 Å². The van der Waals surface area contributed by atoms with E-state index in [1.165, 1.54) is 20.2 Å². The van der Waals surface area contributed by atoms with Crippen molar-refractivity contribution >= 4 is 31.5 Å². The monoisotopic (exact) mass is 721 g/mol. The average Bonchev–Trinajstić information content (AvgIpc) is 3.65. The van der Waals surface area contributed by atoms with E-state index in [1.54, 1.807) is 11.3 Å². The molecule has 0 saturated carbocycles. The summed E-state index contributed by atoms with van der Waals surface area (Å²) in [5, 5.41) is 2.50. The summed E-state index contributed by atoms with van der Waals surface area (Å²) in [4.78, 5) is 25.5. The van der Waals surface area contributed by atoms with E-state index in [0.717, 1.165) is 55.9 Å². The number of thiophene rings is 1. The first-order valence-corrected chi connectivity index (χ1v) is 19.0. The lowest BCUT2D eigenvalue weighted by Crippen LogP contribution is -2.00. The Labute approximate surface area is 322 Å². The number of nitrogens with zero attached hydrogens (tertiary/aromatic N) is 5. The van der Waals surface area contributed by atoms with Crippen LogP contribution >= 0.6 is 11.3 Å². The minimum atomic E-state index is 0.581. The number of fused-ring (bicyclic) bond motifs is 3. The zero-order valence-corrected chi connectivity index (χ0v) is 30.4. The third-order valence-corrected chi connectivity index (χ3v) is 10.9. The fraction of sp³-hybridized carbons (Fsp3) is 0. The summed E-state index contributed by atoms with van der Waals surface area (Å²) < 4.78 is 2.46. The minimum Gasteiger partial charge on any atom is -0.228 e. The standard InChI is InChI=1S/C49H31N5S/c1-4-14-32(15-5-1)35-20-12-21-36(28-35)43-31-42(33-16-6-2-7-17-33)50-47(51-43)37-22-13-23-38(29-37)48-52-46(34-18-8-3-9-19-34)53-49(54-48)39-26-27-41-40-24-10-11-25-44(40)55-45(41)30-39/h1-31H. The van der Waals surface area contributed by atoms with Gasteiger partial charge >= 0.3 is 0 Å². The molecule has 3 aromatic heterocycles. The summed E-state index contributed by atoms with van der Waals surface area (Å²) in [5.74, 6) is 2.44. The average molecular weight is 722 g/mol. The van der Waals surface area contributed by atoms with Gasteiger partial charge in [0.1, 0.15) is 0 Å². The Morgan fingerprint density at radius 1 is 0.255 bits per heavy atom. The van der Waals surface area contributed by atoms with Crippen molar-refractivity contribution in [3.63, 3.8) is 0 Å². The van der Waals surface area contributed by atoms with Gasteiger partial charge in [-0.2, -0.15) is 0 Å². The molecule has 7 aromatic carbocycles. The van der Waals surface area contributed by atoms with Crippen molar-refractivity contribution in [3.8, 4) is 79.2 Å². The van der Waals surface area contributed by atoms with E-state index < -0.39 is 0 Å². The van der Waals surface area contributed by atoms with Crippen molar-refractivity contribution in [2.24, 2.45) is 0 Å². The van der Waals surface area contributed by atoms with Crippen LogP contribution in [0.1, 0.15) is 0 Å². The Kier molecular flexibility index (Phi) is 8.28. The SMILES string of the molecule is c1ccc(-c2cccc(-c3cc(-c4ccccc4)nc(-c4cccc(-c5nc(-c6ccccc6)nc(-c6ccc7c(c6)sc6ccccc67)n5)c4)n3)c2)cc1. The lowest BCUT2D eigenvalue weighted by Gasteiger charge is -2.12. The van der Waals surface area contributed by atoms with Gasteiger partial charge in [-0.15, -0.1) is 11.3 Å². The Balaban J connectivity index is 1.10. The molecular weight excluding hydrogens is 691 g/mol. The van der Waals surface area contributed by atoms with Crippen LogP contribution in [0.25, 0.3) is 99.4 Å².